The van der Waals surface area contributed by atoms with Crippen LogP contribution in [-0.4, -0.2) is 30.2 Å². The highest BCUT2D eigenvalue weighted by Gasteiger charge is 2.13. The van der Waals surface area contributed by atoms with Crippen molar-refractivity contribution < 1.29 is 18.4 Å². The Morgan fingerprint density at radius 2 is 2.04 bits per heavy atom. The van der Waals surface area contributed by atoms with E-state index >= 15 is 0 Å². The van der Waals surface area contributed by atoms with E-state index in [2.05, 4.69) is 5.16 Å². The van der Waals surface area contributed by atoms with E-state index in [0.717, 1.165) is 5.39 Å². The summed E-state index contributed by atoms with van der Waals surface area (Å²) in [5, 5.41) is 4.76. The third kappa shape index (κ3) is 3.15. The second-order valence-corrected chi connectivity index (χ2v) is 5.32. The van der Waals surface area contributed by atoms with Gasteiger partial charge in [0.2, 0.25) is 0 Å². The Kier molecular flexibility index (Phi) is 3.97. The number of carbonyl (C=O) groups is 1. The first-order valence-electron chi connectivity index (χ1n) is 7.05. The molecule has 0 saturated heterocycles. The quantitative estimate of drug-likeness (QED) is 0.741. The van der Waals surface area contributed by atoms with Crippen LogP contribution in [0.1, 0.15) is 11.3 Å². The van der Waals surface area contributed by atoms with Crippen molar-refractivity contribution in [3.63, 3.8) is 0 Å². The minimum atomic E-state index is -0.476. The van der Waals surface area contributed by atoms with Crippen LogP contribution in [0.25, 0.3) is 11.0 Å². The highest BCUT2D eigenvalue weighted by Crippen LogP contribution is 2.26. The summed E-state index contributed by atoms with van der Waals surface area (Å²) < 4.78 is 24.2. The molecule has 0 atom stereocenters. The lowest BCUT2D eigenvalue weighted by atomic mass is 10.1. The largest absolute Gasteiger partial charge is 0.414 e. The lowest BCUT2D eigenvalue weighted by Crippen LogP contribution is -2.25. The number of ether oxygens (including phenoxy) is 1. The summed E-state index contributed by atoms with van der Waals surface area (Å²) in [6, 6.07) is 11.5. The van der Waals surface area contributed by atoms with Gasteiger partial charge in [0.25, 0.3) is 0 Å². The fraction of sp³-hybridized carbons (Fsp3) is 0.176. The number of hydrogen-bond acceptors (Lipinski definition) is 4. The summed E-state index contributed by atoms with van der Waals surface area (Å²) in [7, 11) is 3.20. The molecule has 0 bridgehead atoms. The number of aromatic nitrogens is 1. The van der Waals surface area contributed by atoms with Crippen molar-refractivity contribution in [2.24, 2.45) is 0 Å². The Labute approximate surface area is 132 Å². The zero-order chi connectivity index (χ0) is 16.4. The van der Waals surface area contributed by atoms with Crippen molar-refractivity contribution >= 4 is 17.1 Å². The summed E-state index contributed by atoms with van der Waals surface area (Å²) >= 11 is 0. The maximum absolute atomic E-state index is 13.7. The summed E-state index contributed by atoms with van der Waals surface area (Å²) in [4.78, 5) is 12.9. The van der Waals surface area contributed by atoms with E-state index in [0.29, 0.717) is 29.0 Å². The van der Waals surface area contributed by atoms with Gasteiger partial charge in [0, 0.05) is 32.0 Å². The standard InChI is InChI=1S/C17H15FN2O3/c1-20(2)17(21)22-12-7-8-13-15(19-23-16(13)10-12)9-11-5-3-4-6-14(11)18/h3-8,10H,9H2,1-2H3. The minimum Gasteiger partial charge on any atom is -0.410 e. The zero-order valence-electron chi connectivity index (χ0n) is 12.7. The van der Waals surface area contributed by atoms with Gasteiger partial charge in [-0.3, -0.25) is 0 Å². The van der Waals surface area contributed by atoms with Gasteiger partial charge in [-0.15, -0.1) is 0 Å². The summed E-state index contributed by atoms with van der Waals surface area (Å²) in [6.07, 6.45) is -0.147. The SMILES string of the molecule is CN(C)C(=O)Oc1ccc2c(Cc3ccccc3F)noc2c1. The van der Waals surface area contributed by atoms with E-state index in [-0.39, 0.29) is 5.82 Å². The first-order valence-corrected chi connectivity index (χ1v) is 7.05. The Balaban J connectivity index is 1.87. The van der Waals surface area contributed by atoms with E-state index in [1.54, 1.807) is 50.5 Å². The Morgan fingerprint density at radius 3 is 2.78 bits per heavy atom. The molecule has 118 valence electrons. The van der Waals surface area contributed by atoms with Gasteiger partial charge in [0.1, 0.15) is 11.6 Å². The van der Waals surface area contributed by atoms with Crippen LogP contribution in [0.2, 0.25) is 0 Å². The van der Waals surface area contributed by atoms with Crippen LogP contribution in [0.5, 0.6) is 5.75 Å². The van der Waals surface area contributed by atoms with Gasteiger partial charge in [-0.2, -0.15) is 0 Å². The number of nitrogens with zero attached hydrogens (tertiary/aromatic N) is 2. The molecule has 2 aromatic carbocycles. The van der Waals surface area contributed by atoms with E-state index in [9.17, 15) is 9.18 Å². The van der Waals surface area contributed by atoms with Crippen LogP contribution in [0.15, 0.2) is 47.0 Å². The van der Waals surface area contributed by atoms with Gasteiger partial charge >= 0.3 is 6.09 Å². The van der Waals surface area contributed by atoms with E-state index < -0.39 is 6.09 Å². The molecule has 1 aromatic heterocycles. The number of carbonyl (C=O) groups excluding carboxylic acids is 1. The van der Waals surface area contributed by atoms with Crippen molar-refractivity contribution in [2.75, 3.05) is 14.1 Å². The average molecular weight is 314 g/mol. The first-order chi connectivity index (χ1) is 11.0. The number of hydrogen-bond donors (Lipinski definition) is 0. The van der Waals surface area contributed by atoms with Crippen LogP contribution in [0.4, 0.5) is 9.18 Å². The molecule has 0 spiro atoms. The van der Waals surface area contributed by atoms with Gasteiger partial charge in [0.05, 0.1) is 5.69 Å². The van der Waals surface area contributed by atoms with Crippen molar-refractivity contribution in [1.29, 1.82) is 0 Å². The lowest BCUT2D eigenvalue weighted by molar-refractivity contribution is 0.172. The molecule has 1 heterocycles. The van der Waals surface area contributed by atoms with Crippen LogP contribution in [0.3, 0.4) is 0 Å². The van der Waals surface area contributed by atoms with Crippen molar-refractivity contribution in [3.8, 4) is 5.75 Å². The summed E-state index contributed by atoms with van der Waals surface area (Å²) in [5.74, 6) is 0.0879. The van der Waals surface area contributed by atoms with Crippen molar-refractivity contribution in [3.05, 3.63) is 59.5 Å². The first kappa shape index (κ1) is 15.0. The van der Waals surface area contributed by atoms with Crippen LogP contribution in [-0.2, 0) is 6.42 Å². The summed E-state index contributed by atoms with van der Waals surface area (Å²) in [6.45, 7) is 0. The maximum atomic E-state index is 13.7. The average Bonchev–Trinajstić information content (AvgIpc) is 2.92. The number of halogens is 1. The number of amides is 1. The minimum absolute atomic E-state index is 0.278. The number of fused-ring (bicyclic) bond motifs is 1. The van der Waals surface area contributed by atoms with E-state index in [4.69, 9.17) is 9.26 Å². The molecule has 0 aliphatic rings. The molecule has 0 radical (unpaired) electrons. The van der Waals surface area contributed by atoms with Crippen LogP contribution < -0.4 is 4.74 Å². The second kappa shape index (κ2) is 6.08. The number of rotatable bonds is 3. The molecule has 0 aliphatic heterocycles. The maximum Gasteiger partial charge on any atom is 0.414 e. The highest BCUT2D eigenvalue weighted by atomic mass is 19.1. The van der Waals surface area contributed by atoms with E-state index in [1.165, 1.54) is 11.0 Å². The van der Waals surface area contributed by atoms with Crippen LogP contribution in [0, 0.1) is 5.82 Å². The normalized spacial score (nSPS) is 10.7. The molecular weight excluding hydrogens is 299 g/mol. The molecule has 0 saturated carbocycles. The topological polar surface area (TPSA) is 55.6 Å². The molecule has 6 heteroatoms. The Morgan fingerprint density at radius 1 is 1.26 bits per heavy atom. The predicted octanol–water partition coefficient (Wildman–Crippen LogP) is 3.62. The van der Waals surface area contributed by atoms with Gasteiger partial charge < -0.3 is 14.2 Å². The molecule has 3 aromatic rings. The highest BCUT2D eigenvalue weighted by molar-refractivity contribution is 5.82. The Hall–Kier alpha value is -2.89. The molecule has 0 unspecified atom stereocenters. The monoisotopic (exact) mass is 314 g/mol. The molecule has 0 fully saturated rings. The third-order valence-corrected chi connectivity index (χ3v) is 3.40. The Bertz CT molecular complexity index is 858. The fourth-order valence-electron chi connectivity index (χ4n) is 2.18. The fourth-order valence-corrected chi connectivity index (χ4v) is 2.18. The van der Waals surface area contributed by atoms with Crippen molar-refractivity contribution in [2.45, 2.75) is 6.42 Å². The molecule has 3 rings (SSSR count). The molecule has 0 aliphatic carbocycles. The van der Waals surface area contributed by atoms with Gasteiger partial charge in [-0.25, -0.2) is 9.18 Å². The van der Waals surface area contributed by atoms with Crippen molar-refractivity contribution in [1.82, 2.24) is 10.1 Å². The predicted molar refractivity (Wildman–Crippen MR) is 82.9 cm³/mol. The summed E-state index contributed by atoms with van der Waals surface area (Å²) in [5.41, 5.74) is 1.67. The molecule has 1 amide bonds. The third-order valence-electron chi connectivity index (χ3n) is 3.40. The second-order valence-electron chi connectivity index (χ2n) is 5.32. The molecule has 23 heavy (non-hydrogen) atoms. The van der Waals surface area contributed by atoms with Gasteiger partial charge in [0.15, 0.2) is 5.58 Å². The smallest absolute Gasteiger partial charge is 0.410 e. The molecular formula is C17H15FN2O3. The number of benzene rings is 2. The van der Waals surface area contributed by atoms with Gasteiger partial charge in [-0.05, 0) is 23.8 Å². The molecule has 5 nitrogen and oxygen atoms in total. The van der Waals surface area contributed by atoms with E-state index in [1.807, 2.05) is 0 Å². The van der Waals surface area contributed by atoms with Gasteiger partial charge in [-0.1, -0.05) is 23.4 Å². The molecule has 0 N–H and O–H groups in total. The van der Waals surface area contributed by atoms with Crippen LogP contribution >= 0.6 is 0 Å². The zero-order valence-corrected chi connectivity index (χ0v) is 12.7. The lowest BCUT2D eigenvalue weighted by Gasteiger charge is -2.10.